The van der Waals surface area contributed by atoms with Gasteiger partial charge in [-0.15, -0.1) is 11.3 Å². The van der Waals surface area contributed by atoms with Crippen LogP contribution < -0.4 is 5.32 Å². The highest BCUT2D eigenvalue weighted by Crippen LogP contribution is 2.26. The highest BCUT2D eigenvalue weighted by atomic mass is 35.5. The molecular weight excluding hydrogens is 310 g/mol. The summed E-state index contributed by atoms with van der Waals surface area (Å²) >= 11 is 7.09. The Morgan fingerprint density at radius 1 is 1.29 bits per heavy atom. The predicted molar refractivity (Wildman–Crippen MR) is 83.7 cm³/mol. The molecule has 21 heavy (non-hydrogen) atoms. The van der Waals surface area contributed by atoms with Gasteiger partial charge in [-0.25, -0.2) is 0 Å². The minimum atomic E-state index is -0.753. The van der Waals surface area contributed by atoms with Crippen molar-refractivity contribution < 1.29 is 15.0 Å². The molecular formula is C15H16ClNO3S. The van der Waals surface area contributed by atoms with E-state index in [1.54, 1.807) is 30.3 Å². The van der Waals surface area contributed by atoms with Crippen molar-refractivity contribution in [1.82, 2.24) is 5.32 Å². The van der Waals surface area contributed by atoms with Crippen LogP contribution in [0.3, 0.4) is 0 Å². The number of hydrogen-bond acceptors (Lipinski definition) is 4. The predicted octanol–water partition coefficient (Wildman–Crippen LogP) is 2.89. The first-order valence-electron chi connectivity index (χ1n) is 6.53. The topological polar surface area (TPSA) is 69.6 Å². The molecule has 1 atom stereocenters. The second-order valence-electron chi connectivity index (χ2n) is 4.59. The maximum absolute atomic E-state index is 11.7. The molecule has 1 heterocycles. The number of thiophene rings is 1. The average molecular weight is 326 g/mol. The van der Waals surface area contributed by atoms with Crippen LogP contribution in [0.1, 0.15) is 23.0 Å². The number of benzene rings is 1. The third-order valence-corrected chi connectivity index (χ3v) is 4.36. The summed E-state index contributed by atoms with van der Waals surface area (Å²) < 4.78 is 0.606. The van der Waals surface area contributed by atoms with E-state index < -0.39 is 6.10 Å². The first-order valence-corrected chi connectivity index (χ1v) is 7.72. The summed E-state index contributed by atoms with van der Waals surface area (Å²) in [6.07, 6.45) is -0.0360. The summed E-state index contributed by atoms with van der Waals surface area (Å²) in [5.74, 6) is 0.0264. The Morgan fingerprint density at radius 3 is 2.71 bits per heavy atom. The molecule has 3 N–H and O–H groups in total. The number of carbonyl (C=O) groups is 1. The number of aromatic hydroxyl groups is 1. The van der Waals surface area contributed by atoms with E-state index in [4.69, 9.17) is 11.6 Å². The lowest BCUT2D eigenvalue weighted by Crippen LogP contribution is -2.28. The summed E-state index contributed by atoms with van der Waals surface area (Å²) in [5.41, 5.74) is 0.734. The molecule has 0 fully saturated rings. The largest absolute Gasteiger partial charge is 0.508 e. The molecule has 112 valence electrons. The van der Waals surface area contributed by atoms with Crippen molar-refractivity contribution in [3.8, 4) is 5.75 Å². The van der Waals surface area contributed by atoms with Crippen molar-refractivity contribution in [1.29, 1.82) is 0 Å². The minimum Gasteiger partial charge on any atom is -0.508 e. The van der Waals surface area contributed by atoms with Crippen molar-refractivity contribution in [2.24, 2.45) is 0 Å². The van der Waals surface area contributed by atoms with Gasteiger partial charge in [0, 0.05) is 17.8 Å². The van der Waals surface area contributed by atoms with Gasteiger partial charge in [0.25, 0.3) is 0 Å². The fourth-order valence-corrected chi connectivity index (χ4v) is 2.92. The third-order valence-electron chi connectivity index (χ3n) is 3.03. The van der Waals surface area contributed by atoms with Crippen LogP contribution in [0.15, 0.2) is 36.4 Å². The number of nitrogens with one attached hydrogen (secondary N) is 1. The smallest absolute Gasteiger partial charge is 0.220 e. The van der Waals surface area contributed by atoms with Crippen molar-refractivity contribution in [2.45, 2.75) is 18.9 Å². The van der Waals surface area contributed by atoms with Crippen LogP contribution in [0.25, 0.3) is 0 Å². The molecule has 1 unspecified atom stereocenters. The van der Waals surface area contributed by atoms with Gasteiger partial charge in [-0.3, -0.25) is 4.79 Å². The number of phenolic OH excluding ortho intramolecular Hbond substituents is 1. The Morgan fingerprint density at radius 2 is 2.05 bits per heavy atom. The number of amides is 1. The van der Waals surface area contributed by atoms with Crippen molar-refractivity contribution in [3.63, 3.8) is 0 Å². The maximum Gasteiger partial charge on any atom is 0.220 e. The number of aryl methyl sites for hydroxylation is 1. The molecule has 2 rings (SSSR count). The van der Waals surface area contributed by atoms with E-state index in [2.05, 4.69) is 5.32 Å². The summed E-state index contributed by atoms with van der Waals surface area (Å²) in [6, 6.07) is 10.4. The second kappa shape index (κ2) is 7.45. The molecule has 0 saturated heterocycles. The summed E-state index contributed by atoms with van der Waals surface area (Å²) in [5, 5.41) is 22.2. The van der Waals surface area contributed by atoms with Gasteiger partial charge in [0.1, 0.15) is 11.9 Å². The number of rotatable bonds is 6. The second-order valence-corrected chi connectivity index (χ2v) is 6.34. The highest BCUT2D eigenvalue weighted by Gasteiger charge is 2.12. The minimum absolute atomic E-state index is 0.149. The quantitative estimate of drug-likeness (QED) is 0.765. The van der Waals surface area contributed by atoms with Gasteiger partial charge in [-0.2, -0.15) is 0 Å². The molecule has 1 amide bonds. The number of halogens is 1. The first kappa shape index (κ1) is 15.8. The molecule has 0 radical (unpaired) electrons. The number of hydrogen-bond donors (Lipinski definition) is 3. The Kier molecular flexibility index (Phi) is 5.61. The molecule has 0 bridgehead atoms. The monoisotopic (exact) mass is 325 g/mol. The number of carbonyl (C=O) groups excluding carboxylic acids is 1. The van der Waals surface area contributed by atoms with Crippen molar-refractivity contribution in [2.75, 3.05) is 6.54 Å². The van der Waals surface area contributed by atoms with Crippen LogP contribution in [-0.4, -0.2) is 22.7 Å². The van der Waals surface area contributed by atoms with Crippen LogP contribution in [-0.2, 0) is 11.2 Å². The Labute approximate surface area is 132 Å². The van der Waals surface area contributed by atoms with Crippen LogP contribution in [0.5, 0.6) is 5.75 Å². The van der Waals surface area contributed by atoms with Crippen LogP contribution in [0.2, 0.25) is 4.34 Å². The zero-order valence-corrected chi connectivity index (χ0v) is 12.8. The maximum atomic E-state index is 11.7. The molecule has 1 aromatic heterocycles. The molecule has 0 saturated carbocycles. The number of aliphatic hydroxyl groups excluding tert-OH is 1. The summed E-state index contributed by atoms with van der Waals surface area (Å²) in [4.78, 5) is 12.5. The van der Waals surface area contributed by atoms with E-state index in [9.17, 15) is 15.0 Å². The highest BCUT2D eigenvalue weighted by molar-refractivity contribution is 7.16. The van der Waals surface area contributed by atoms with Crippen molar-refractivity contribution in [3.05, 3.63) is 51.2 Å². The Bertz CT molecular complexity index is 614. The Balaban J connectivity index is 1.76. The van der Waals surface area contributed by atoms with Gasteiger partial charge in [0.2, 0.25) is 5.91 Å². The molecule has 0 spiro atoms. The lowest BCUT2D eigenvalue weighted by molar-refractivity contribution is -0.121. The van der Waals surface area contributed by atoms with E-state index in [0.717, 1.165) is 10.4 Å². The zero-order valence-electron chi connectivity index (χ0n) is 11.3. The lowest BCUT2D eigenvalue weighted by atomic mass is 10.1. The average Bonchev–Trinajstić information content (AvgIpc) is 2.90. The van der Waals surface area contributed by atoms with E-state index in [0.29, 0.717) is 10.8 Å². The molecule has 0 aliphatic heterocycles. The number of aliphatic hydroxyl groups is 1. The van der Waals surface area contributed by atoms with E-state index in [1.807, 2.05) is 6.07 Å². The molecule has 1 aromatic carbocycles. The van der Waals surface area contributed by atoms with E-state index in [1.165, 1.54) is 11.3 Å². The fraction of sp³-hybridized carbons (Fsp3) is 0.267. The number of phenols is 1. The van der Waals surface area contributed by atoms with E-state index >= 15 is 0 Å². The fourth-order valence-electron chi connectivity index (χ4n) is 1.88. The zero-order chi connectivity index (χ0) is 15.2. The Hall–Kier alpha value is -1.56. The molecule has 2 aromatic rings. The van der Waals surface area contributed by atoms with Gasteiger partial charge in [0.15, 0.2) is 0 Å². The van der Waals surface area contributed by atoms with Crippen LogP contribution in [0, 0.1) is 0 Å². The SMILES string of the molecule is O=C(CCc1ccccc1O)NCC(O)c1ccc(Cl)s1. The first-order chi connectivity index (χ1) is 10.1. The molecule has 6 heteroatoms. The molecule has 0 aliphatic carbocycles. The van der Waals surface area contributed by atoms with Crippen molar-refractivity contribution >= 4 is 28.8 Å². The normalized spacial score (nSPS) is 12.1. The van der Waals surface area contributed by atoms with Gasteiger partial charge < -0.3 is 15.5 Å². The van der Waals surface area contributed by atoms with Crippen LogP contribution in [0.4, 0.5) is 0 Å². The van der Waals surface area contributed by atoms with E-state index in [-0.39, 0.29) is 24.6 Å². The third kappa shape index (κ3) is 4.74. The van der Waals surface area contributed by atoms with Gasteiger partial charge in [0.05, 0.1) is 4.34 Å². The van der Waals surface area contributed by atoms with Gasteiger partial charge >= 0.3 is 0 Å². The van der Waals surface area contributed by atoms with Gasteiger partial charge in [-0.1, -0.05) is 29.8 Å². The summed E-state index contributed by atoms with van der Waals surface area (Å²) in [6.45, 7) is 0.149. The molecule has 0 aliphatic rings. The van der Waals surface area contributed by atoms with Crippen LogP contribution >= 0.6 is 22.9 Å². The lowest BCUT2D eigenvalue weighted by Gasteiger charge is -2.10. The molecule has 4 nitrogen and oxygen atoms in total. The number of para-hydroxylation sites is 1. The summed E-state index contributed by atoms with van der Waals surface area (Å²) in [7, 11) is 0. The standard InChI is InChI=1S/C15H16ClNO3S/c16-14-7-6-13(21-14)12(19)9-17-15(20)8-5-10-3-1-2-4-11(10)18/h1-4,6-7,12,18-19H,5,8-9H2,(H,17,20). The van der Waals surface area contributed by atoms with Gasteiger partial charge in [-0.05, 0) is 30.2 Å².